The third-order valence-corrected chi connectivity index (χ3v) is 8.10. The summed E-state index contributed by atoms with van der Waals surface area (Å²) in [7, 11) is -0.378. The van der Waals surface area contributed by atoms with Gasteiger partial charge >= 0.3 is 0 Å². The molecule has 3 rings (SSSR count). The van der Waals surface area contributed by atoms with Gasteiger partial charge in [-0.1, -0.05) is 31.6 Å². The van der Waals surface area contributed by atoms with Crippen molar-refractivity contribution in [3.05, 3.63) is 52.8 Å². The number of aryl methyl sites for hydroxylation is 1. The van der Waals surface area contributed by atoms with Crippen molar-refractivity contribution in [3.63, 3.8) is 0 Å². The molecular formula is C23H29N3O4S2. The van der Waals surface area contributed by atoms with Crippen molar-refractivity contribution in [2.24, 2.45) is 4.99 Å². The zero-order valence-electron chi connectivity index (χ0n) is 18.9. The van der Waals surface area contributed by atoms with Crippen molar-refractivity contribution in [1.82, 2.24) is 8.87 Å². The minimum absolute atomic E-state index is 0.169. The molecule has 0 atom stereocenters. The van der Waals surface area contributed by atoms with Gasteiger partial charge in [0.15, 0.2) is 4.80 Å². The smallest absolute Gasteiger partial charge is 0.279 e. The summed E-state index contributed by atoms with van der Waals surface area (Å²) in [5.41, 5.74) is 1.32. The van der Waals surface area contributed by atoms with Crippen LogP contribution in [0.3, 0.4) is 0 Å². The predicted octanol–water partition coefficient (Wildman–Crippen LogP) is 4.28. The summed E-state index contributed by atoms with van der Waals surface area (Å²) in [6.07, 6.45) is 2.60. The lowest BCUT2D eigenvalue weighted by Gasteiger charge is -2.16. The number of unbranched alkanes of at least 4 members (excludes halogenated alkanes) is 1. The Morgan fingerprint density at radius 3 is 2.47 bits per heavy atom. The first-order valence-electron chi connectivity index (χ1n) is 10.6. The maximum atomic E-state index is 12.8. The van der Waals surface area contributed by atoms with Crippen LogP contribution in [0, 0.1) is 0 Å². The number of hydrogen-bond donors (Lipinski definition) is 0. The molecule has 0 aliphatic heterocycles. The Morgan fingerprint density at radius 1 is 1.12 bits per heavy atom. The second-order valence-electron chi connectivity index (χ2n) is 7.49. The number of rotatable bonds is 9. The summed E-state index contributed by atoms with van der Waals surface area (Å²) in [6.45, 7) is 5.27. The zero-order valence-corrected chi connectivity index (χ0v) is 20.5. The molecule has 0 fully saturated rings. The second kappa shape index (κ2) is 10.4. The lowest BCUT2D eigenvalue weighted by atomic mass is 10.2. The zero-order chi connectivity index (χ0) is 23.3. The van der Waals surface area contributed by atoms with Crippen LogP contribution in [0.5, 0.6) is 5.75 Å². The molecular weight excluding hydrogens is 446 g/mol. The van der Waals surface area contributed by atoms with Gasteiger partial charge in [-0.05, 0) is 49.2 Å². The Balaban J connectivity index is 1.93. The average Bonchev–Trinajstić information content (AvgIpc) is 3.13. The number of carbonyl (C=O) groups excluding carboxylic acids is 1. The van der Waals surface area contributed by atoms with Gasteiger partial charge in [0.05, 0.1) is 22.2 Å². The van der Waals surface area contributed by atoms with Crippen LogP contribution in [-0.4, -0.2) is 43.9 Å². The van der Waals surface area contributed by atoms with Gasteiger partial charge < -0.3 is 9.30 Å². The van der Waals surface area contributed by atoms with Crippen LogP contribution >= 0.6 is 11.3 Å². The average molecular weight is 476 g/mol. The van der Waals surface area contributed by atoms with Crippen molar-refractivity contribution in [2.45, 2.75) is 44.6 Å². The topological polar surface area (TPSA) is 81.0 Å². The van der Waals surface area contributed by atoms with Crippen LogP contribution in [0.2, 0.25) is 0 Å². The van der Waals surface area contributed by atoms with E-state index in [0.29, 0.717) is 16.9 Å². The SMILES string of the molecule is CCCCN(C)S(=O)(=O)c1ccc(C(=O)N=c2sc3ccc(OC)cc3n2CCC)cc1. The largest absolute Gasteiger partial charge is 0.497 e. The highest BCUT2D eigenvalue weighted by atomic mass is 32.2. The van der Waals surface area contributed by atoms with Gasteiger partial charge in [-0.2, -0.15) is 4.99 Å². The number of ether oxygens (including phenoxy) is 1. The number of benzene rings is 2. The van der Waals surface area contributed by atoms with Crippen molar-refractivity contribution in [2.75, 3.05) is 20.7 Å². The fraction of sp³-hybridized carbons (Fsp3) is 0.391. The number of amides is 1. The molecule has 1 amide bonds. The Bertz CT molecular complexity index is 1260. The minimum atomic E-state index is -3.57. The van der Waals surface area contributed by atoms with Crippen LogP contribution in [-0.2, 0) is 16.6 Å². The molecule has 0 spiro atoms. The monoisotopic (exact) mass is 475 g/mol. The number of sulfonamides is 1. The summed E-state index contributed by atoms with van der Waals surface area (Å²) in [5.74, 6) is 0.343. The molecule has 0 N–H and O–H groups in total. The predicted molar refractivity (Wildman–Crippen MR) is 128 cm³/mol. The normalized spacial score (nSPS) is 12.6. The molecule has 0 saturated heterocycles. The van der Waals surface area contributed by atoms with Crippen molar-refractivity contribution >= 4 is 37.5 Å². The van der Waals surface area contributed by atoms with Crippen molar-refractivity contribution in [1.29, 1.82) is 0 Å². The van der Waals surface area contributed by atoms with E-state index in [1.54, 1.807) is 14.2 Å². The molecule has 0 aliphatic carbocycles. The van der Waals surface area contributed by atoms with E-state index < -0.39 is 15.9 Å². The first-order chi connectivity index (χ1) is 15.3. The molecule has 7 nitrogen and oxygen atoms in total. The van der Waals surface area contributed by atoms with Crippen LogP contribution in [0.1, 0.15) is 43.5 Å². The Kier molecular flexibility index (Phi) is 7.86. The molecule has 2 aromatic carbocycles. The van der Waals surface area contributed by atoms with Crippen LogP contribution in [0.25, 0.3) is 10.2 Å². The van der Waals surface area contributed by atoms with E-state index in [1.807, 2.05) is 29.7 Å². The summed E-state index contributed by atoms with van der Waals surface area (Å²) in [5, 5.41) is 0. The highest BCUT2D eigenvalue weighted by Crippen LogP contribution is 2.23. The molecule has 0 radical (unpaired) electrons. The summed E-state index contributed by atoms with van der Waals surface area (Å²) in [6, 6.07) is 11.8. The lowest BCUT2D eigenvalue weighted by Crippen LogP contribution is -2.27. The molecule has 0 aliphatic rings. The molecule has 9 heteroatoms. The van der Waals surface area contributed by atoms with Gasteiger partial charge in [-0.25, -0.2) is 12.7 Å². The quantitative estimate of drug-likeness (QED) is 0.463. The van der Waals surface area contributed by atoms with Crippen LogP contribution in [0.4, 0.5) is 0 Å². The summed E-state index contributed by atoms with van der Waals surface area (Å²) < 4.78 is 35.1. The summed E-state index contributed by atoms with van der Waals surface area (Å²) in [4.78, 5) is 18.0. The summed E-state index contributed by atoms with van der Waals surface area (Å²) >= 11 is 1.44. The number of aromatic nitrogens is 1. The number of hydrogen-bond acceptors (Lipinski definition) is 5. The third kappa shape index (κ3) is 5.11. The molecule has 3 aromatic rings. The van der Waals surface area contributed by atoms with E-state index in [9.17, 15) is 13.2 Å². The molecule has 0 saturated carbocycles. The van der Waals surface area contributed by atoms with E-state index in [4.69, 9.17) is 4.74 Å². The van der Waals surface area contributed by atoms with Crippen LogP contribution in [0.15, 0.2) is 52.4 Å². The van der Waals surface area contributed by atoms with E-state index >= 15 is 0 Å². The van der Waals surface area contributed by atoms with Crippen molar-refractivity contribution < 1.29 is 17.9 Å². The fourth-order valence-corrected chi connectivity index (χ4v) is 5.55. The minimum Gasteiger partial charge on any atom is -0.497 e. The molecule has 1 aromatic heterocycles. The molecule has 172 valence electrons. The lowest BCUT2D eigenvalue weighted by molar-refractivity contribution is 0.0997. The fourth-order valence-electron chi connectivity index (χ4n) is 3.30. The Morgan fingerprint density at radius 2 is 1.84 bits per heavy atom. The molecule has 0 bridgehead atoms. The maximum absolute atomic E-state index is 12.8. The van der Waals surface area contributed by atoms with Gasteiger partial charge in [0.1, 0.15) is 5.75 Å². The second-order valence-corrected chi connectivity index (χ2v) is 10.5. The van der Waals surface area contributed by atoms with Crippen molar-refractivity contribution in [3.8, 4) is 5.75 Å². The first-order valence-corrected chi connectivity index (χ1v) is 12.9. The van der Waals surface area contributed by atoms with Gasteiger partial charge in [0.2, 0.25) is 10.0 Å². The Labute approximate surface area is 193 Å². The third-order valence-electron chi connectivity index (χ3n) is 5.17. The van der Waals surface area contributed by atoms with Gasteiger partial charge in [-0.3, -0.25) is 4.79 Å². The first kappa shape index (κ1) is 24.2. The highest BCUT2D eigenvalue weighted by molar-refractivity contribution is 7.89. The van der Waals surface area contributed by atoms with Gasteiger partial charge in [0.25, 0.3) is 5.91 Å². The van der Waals surface area contributed by atoms with E-state index in [-0.39, 0.29) is 4.90 Å². The van der Waals surface area contributed by atoms with Gasteiger partial charge in [0, 0.05) is 31.8 Å². The van der Waals surface area contributed by atoms with Gasteiger partial charge in [-0.15, -0.1) is 0 Å². The number of methoxy groups -OCH3 is 1. The standard InChI is InChI=1S/C23H29N3O4S2/c1-5-7-15-25(3)32(28,29)19-11-8-17(9-12-19)22(27)24-23-26(14-6-2)20-16-18(30-4)10-13-21(20)31-23/h8-13,16H,5-7,14-15H2,1-4H3. The maximum Gasteiger partial charge on any atom is 0.279 e. The van der Waals surface area contributed by atoms with E-state index in [0.717, 1.165) is 41.8 Å². The Hall–Kier alpha value is -2.49. The van der Waals surface area contributed by atoms with Crippen LogP contribution < -0.4 is 9.54 Å². The molecule has 1 heterocycles. The number of fused-ring (bicyclic) bond motifs is 1. The highest BCUT2D eigenvalue weighted by Gasteiger charge is 2.20. The number of carbonyl (C=O) groups is 1. The number of thiazole rings is 1. The molecule has 32 heavy (non-hydrogen) atoms. The molecule has 0 unspecified atom stereocenters. The van der Waals surface area contributed by atoms with E-state index in [1.165, 1.54) is 39.9 Å². The number of nitrogens with zero attached hydrogens (tertiary/aromatic N) is 3. The van der Waals surface area contributed by atoms with E-state index in [2.05, 4.69) is 11.9 Å².